The van der Waals surface area contributed by atoms with E-state index in [1.165, 1.54) is 12.1 Å². The fourth-order valence-electron chi connectivity index (χ4n) is 2.14. The number of nitro groups is 1. The summed E-state index contributed by atoms with van der Waals surface area (Å²) in [6, 6.07) is 18.2. The SMILES string of the molecule is O=[N+]([O-])c1cccc(-c2cccc(C=Nc3ccc(O)cc3)n2)c1. The Bertz CT molecular complexity index is 905. The summed E-state index contributed by atoms with van der Waals surface area (Å²) in [6.45, 7) is 0. The van der Waals surface area contributed by atoms with Crippen LogP contribution in [0.4, 0.5) is 11.4 Å². The van der Waals surface area contributed by atoms with E-state index in [4.69, 9.17) is 0 Å². The Hall–Kier alpha value is -3.54. The molecule has 0 unspecified atom stereocenters. The minimum absolute atomic E-state index is 0.0254. The van der Waals surface area contributed by atoms with Crippen molar-refractivity contribution in [3.63, 3.8) is 0 Å². The monoisotopic (exact) mass is 319 g/mol. The molecule has 0 saturated heterocycles. The molecule has 1 heterocycles. The van der Waals surface area contributed by atoms with Crippen molar-refractivity contribution in [2.45, 2.75) is 0 Å². The molecule has 0 aliphatic carbocycles. The maximum Gasteiger partial charge on any atom is 0.270 e. The molecule has 0 saturated carbocycles. The zero-order chi connectivity index (χ0) is 16.9. The van der Waals surface area contributed by atoms with Gasteiger partial charge in [-0.2, -0.15) is 0 Å². The minimum Gasteiger partial charge on any atom is -0.508 e. The second-order valence-electron chi connectivity index (χ2n) is 5.03. The normalized spacial score (nSPS) is 10.8. The Labute approximate surface area is 137 Å². The van der Waals surface area contributed by atoms with Gasteiger partial charge in [0.2, 0.25) is 0 Å². The first-order valence-electron chi connectivity index (χ1n) is 7.17. The molecular weight excluding hydrogens is 306 g/mol. The molecule has 0 aliphatic heterocycles. The van der Waals surface area contributed by atoms with Gasteiger partial charge in [0, 0.05) is 17.7 Å². The van der Waals surface area contributed by atoms with Crippen molar-refractivity contribution in [2.75, 3.05) is 0 Å². The van der Waals surface area contributed by atoms with Gasteiger partial charge in [-0.3, -0.25) is 15.1 Å². The molecule has 3 aromatic rings. The van der Waals surface area contributed by atoms with Gasteiger partial charge in [-0.15, -0.1) is 0 Å². The molecule has 0 fully saturated rings. The van der Waals surface area contributed by atoms with Gasteiger partial charge in [-0.25, -0.2) is 4.98 Å². The third kappa shape index (κ3) is 3.61. The number of benzene rings is 2. The maximum absolute atomic E-state index is 10.9. The van der Waals surface area contributed by atoms with Crippen molar-refractivity contribution in [3.05, 3.63) is 82.5 Å². The van der Waals surface area contributed by atoms with Crippen LogP contribution in [0.15, 0.2) is 71.7 Å². The van der Waals surface area contributed by atoms with Crippen molar-refractivity contribution < 1.29 is 10.0 Å². The number of phenolic OH excluding ortho intramolecular Hbond substituents is 1. The Kier molecular flexibility index (Phi) is 4.29. The summed E-state index contributed by atoms with van der Waals surface area (Å²) in [5.41, 5.74) is 2.65. The Morgan fingerprint density at radius 1 is 1.04 bits per heavy atom. The summed E-state index contributed by atoms with van der Waals surface area (Å²) in [4.78, 5) is 19.2. The highest BCUT2D eigenvalue weighted by atomic mass is 16.6. The van der Waals surface area contributed by atoms with Crippen LogP contribution in [0, 0.1) is 10.1 Å². The third-order valence-electron chi connectivity index (χ3n) is 3.32. The van der Waals surface area contributed by atoms with Crippen molar-refractivity contribution in [3.8, 4) is 17.0 Å². The van der Waals surface area contributed by atoms with Crippen LogP contribution in [0.2, 0.25) is 0 Å². The number of aliphatic imine (C=N–C) groups is 1. The van der Waals surface area contributed by atoms with Gasteiger partial charge in [0.1, 0.15) is 5.75 Å². The summed E-state index contributed by atoms with van der Waals surface area (Å²) in [6.07, 6.45) is 1.60. The van der Waals surface area contributed by atoms with Crippen molar-refractivity contribution in [1.29, 1.82) is 0 Å². The first kappa shape index (κ1) is 15.4. The molecule has 0 atom stereocenters. The Balaban J connectivity index is 1.88. The molecule has 0 aliphatic rings. The van der Waals surface area contributed by atoms with Crippen LogP contribution >= 0.6 is 0 Å². The molecule has 0 bridgehead atoms. The number of nitrogens with zero attached hydrogens (tertiary/aromatic N) is 3. The quantitative estimate of drug-likeness (QED) is 0.445. The molecule has 0 spiro atoms. The van der Waals surface area contributed by atoms with Crippen LogP contribution in [-0.4, -0.2) is 21.2 Å². The van der Waals surface area contributed by atoms with Crippen molar-refractivity contribution in [1.82, 2.24) is 4.98 Å². The zero-order valence-electron chi connectivity index (χ0n) is 12.5. The highest BCUT2D eigenvalue weighted by Crippen LogP contribution is 2.22. The number of rotatable bonds is 4. The van der Waals surface area contributed by atoms with E-state index >= 15 is 0 Å². The lowest BCUT2D eigenvalue weighted by Gasteiger charge is -2.02. The van der Waals surface area contributed by atoms with E-state index < -0.39 is 4.92 Å². The number of nitro benzene ring substituents is 1. The molecule has 1 N–H and O–H groups in total. The first-order chi connectivity index (χ1) is 11.6. The fourth-order valence-corrected chi connectivity index (χ4v) is 2.14. The lowest BCUT2D eigenvalue weighted by Crippen LogP contribution is -1.92. The molecule has 3 rings (SSSR count). The molecule has 6 nitrogen and oxygen atoms in total. The summed E-state index contributed by atoms with van der Waals surface area (Å²) in [5, 5.41) is 20.1. The van der Waals surface area contributed by atoms with Crippen molar-refractivity contribution in [2.24, 2.45) is 4.99 Å². The standard InChI is InChI=1S/C18H13N3O3/c22-17-9-7-14(8-10-17)19-12-15-4-2-6-18(20-15)13-3-1-5-16(11-13)21(23)24/h1-12,22H. The van der Waals surface area contributed by atoms with Gasteiger partial charge in [0.15, 0.2) is 0 Å². The second-order valence-corrected chi connectivity index (χ2v) is 5.03. The lowest BCUT2D eigenvalue weighted by molar-refractivity contribution is -0.384. The Morgan fingerprint density at radius 2 is 1.79 bits per heavy atom. The molecule has 1 aromatic heterocycles. The number of phenols is 1. The summed E-state index contributed by atoms with van der Waals surface area (Å²) >= 11 is 0. The largest absolute Gasteiger partial charge is 0.508 e. The minimum atomic E-state index is -0.431. The second kappa shape index (κ2) is 6.70. The number of pyridine rings is 1. The molecule has 24 heavy (non-hydrogen) atoms. The number of non-ortho nitro benzene ring substituents is 1. The van der Waals surface area contributed by atoms with Gasteiger partial charge < -0.3 is 5.11 Å². The van der Waals surface area contributed by atoms with E-state index in [9.17, 15) is 15.2 Å². The highest BCUT2D eigenvalue weighted by molar-refractivity contribution is 5.80. The summed E-state index contributed by atoms with van der Waals surface area (Å²) in [7, 11) is 0. The average Bonchev–Trinajstić information content (AvgIpc) is 2.61. The van der Waals surface area contributed by atoms with Gasteiger partial charge >= 0.3 is 0 Å². The van der Waals surface area contributed by atoms with Crippen molar-refractivity contribution >= 4 is 17.6 Å². The molecule has 0 amide bonds. The molecule has 6 heteroatoms. The predicted molar refractivity (Wildman–Crippen MR) is 91.7 cm³/mol. The average molecular weight is 319 g/mol. The van der Waals surface area contributed by atoms with E-state index in [1.54, 1.807) is 54.7 Å². The van der Waals surface area contributed by atoms with Crippen LogP contribution in [0.25, 0.3) is 11.3 Å². The highest BCUT2D eigenvalue weighted by Gasteiger charge is 2.08. The van der Waals surface area contributed by atoms with Crippen LogP contribution in [0.3, 0.4) is 0 Å². The number of aromatic nitrogens is 1. The molecule has 118 valence electrons. The van der Waals surface area contributed by atoms with Crippen LogP contribution in [0.5, 0.6) is 5.75 Å². The first-order valence-corrected chi connectivity index (χ1v) is 7.17. The van der Waals surface area contributed by atoms with Crippen LogP contribution in [0.1, 0.15) is 5.69 Å². The third-order valence-corrected chi connectivity index (χ3v) is 3.32. The Morgan fingerprint density at radius 3 is 2.54 bits per heavy atom. The smallest absolute Gasteiger partial charge is 0.270 e. The van der Waals surface area contributed by atoms with E-state index in [1.807, 2.05) is 6.07 Å². The van der Waals surface area contributed by atoms with Gasteiger partial charge in [-0.1, -0.05) is 18.2 Å². The van der Waals surface area contributed by atoms with E-state index in [0.717, 1.165) is 0 Å². The molecular formula is C18H13N3O3. The van der Waals surface area contributed by atoms with Crippen LogP contribution < -0.4 is 0 Å². The molecule has 2 aromatic carbocycles. The van der Waals surface area contributed by atoms with E-state index in [-0.39, 0.29) is 11.4 Å². The number of aromatic hydroxyl groups is 1. The predicted octanol–water partition coefficient (Wildman–Crippen LogP) is 4.11. The van der Waals surface area contributed by atoms with E-state index in [0.29, 0.717) is 22.6 Å². The number of hydrogen-bond acceptors (Lipinski definition) is 5. The van der Waals surface area contributed by atoms with Gasteiger partial charge in [-0.05, 0) is 36.4 Å². The zero-order valence-corrected chi connectivity index (χ0v) is 12.5. The topological polar surface area (TPSA) is 88.6 Å². The van der Waals surface area contributed by atoms with Crippen LogP contribution in [-0.2, 0) is 0 Å². The summed E-state index contributed by atoms with van der Waals surface area (Å²) in [5.74, 6) is 0.180. The molecule has 0 radical (unpaired) electrons. The summed E-state index contributed by atoms with van der Waals surface area (Å²) < 4.78 is 0. The van der Waals surface area contributed by atoms with Gasteiger partial charge in [0.25, 0.3) is 5.69 Å². The number of hydrogen-bond donors (Lipinski definition) is 1. The lowest BCUT2D eigenvalue weighted by atomic mass is 10.1. The maximum atomic E-state index is 10.9. The van der Waals surface area contributed by atoms with E-state index in [2.05, 4.69) is 9.98 Å². The fraction of sp³-hybridized carbons (Fsp3) is 0. The van der Waals surface area contributed by atoms with Gasteiger partial charge in [0.05, 0.1) is 28.2 Å².